The highest BCUT2D eigenvalue weighted by atomic mass is 16.5. The number of ether oxygens (including phenoxy) is 1. The number of esters is 1. The standard InChI is InChI=1S/C42H58O5/c1-11-16-38(45)47-29-34(23-24-37-33(5)25-35(43)26-40(37,6)7)22-15-20-31(3)18-13-12-17-30(2)19-14-21-32(4)39(46)42(10)28-36(44)27-41(42,8)9/h12-15,17-22,35-36,43-44H,11,16,25-29H2,1-10H3. The van der Waals surface area contributed by atoms with Gasteiger partial charge in [0.15, 0.2) is 5.78 Å². The van der Waals surface area contributed by atoms with Crippen molar-refractivity contribution >= 4 is 11.8 Å². The minimum absolute atomic E-state index is 0.104. The molecule has 0 bridgehead atoms. The summed E-state index contributed by atoms with van der Waals surface area (Å²) in [4.78, 5) is 25.3. The summed E-state index contributed by atoms with van der Waals surface area (Å²) in [5.41, 5.74) is 4.63. The van der Waals surface area contributed by atoms with Gasteiger partial charge in [0.25, 0.3) is 0 Å². The van der Waals surface area contributed by atoms with Crippen LogP contribution in [-0.2, 0) is 14.3 Å². The van der Waals surface area contributed by atoms with E-state index in [0.29, 0.717) is 43.3 Å². The van der Waals surface area contributed by atoms with E-state index >= 15 is 0 Å². The average molecular weight is 643 g/mol. The quantitative estimate of drug-likeness (QED) is 0.0961. The highest BCUT2D eigenvalue weighted by molar-refractivity contribution is 6.00. The number of carbonyl (C=O) groups excluding carboxylic acids is 2. The number of aliphatic hydroxyl groups excluding tert-OH is 2. The molecule has 0 aromatic heterocycles. The van der Waals surface area contributed by atoms with Crippen LogP contribution in [-0.4, -0.2) is 40.8 Å². The normalized spacial score (nSPS) is 25.5. The zero-order valence-corrected chi connectivity index (χ0v) is 30.5. The number of hydrogen-bond acceptors (Lipinski definition) is 5. The molecule has 0 aromatic carbocycles. The summed E-state index contributed by atoms with van der Waals surface area (Å²) in [5, 5.41) is 20.4. The van der Waals surface area contributed by atoms with Crippen molar-refractivity contribution in [3.63, 3.8) is 0 Å². The molecule has 0 spiro atoms. The summed E-state index contributed by atoms with van der Waals surface area (Å²) < 4.78 is 5.47. The van der Waals surface area contributed by atoms with Gasteiger partial charge >= 0.3 is 5.97 Å². The number of rotatable bonds is 12. The van der Waals surface area contributed by atoms with Crippen LogP contribution in [0.4, 0.5) is 0 Å². The maximum atomic E-state index is 13.2. The van der Waals surface area contributed by atoms with Crippen molar-refractivity contribution < 1.29 is 24.5 Å². The molecule has 0 aromatic rings. The molecule has 2 rings (SSSR count). The number of hydrogen-bond donors (Lipinski definition) is 2. The maximum absolute atomic E-state index is 13.2. The van der Waals surface area contributed by atoms with Gasteiger partial charge in [0.1, 0.15) is 6.61 Å². The molecule has 2 aliphatic rings. The third-order valence-electron chi connectivity index (χ3n) is 9.52. The maximum Gasteiger partial charge on any atom is 0.306 e. The van der Waals surface area contributed by atoms with Crippen LogP contribution >= 0.6 is 0 Å². The summed E-state index contributed by atoms with van der Waals surface area (Å²) in [7, 11) is 0. The lowest BCUT2D eigenvalue weighted by Crippen LogP contribution is -2.38. The van der Waals surface area contributed by atoms with Crippen molar-refractivity contribution in [2.24, 2.45) is 16.2 Å². The summed E-state index contributed by atoms with van der Waals surface area (Å²) in [6.45, 7) is 20.3. The molecule has 3 unspecified atom stereocenters. The summed E-state index contributed by atoms with van der Waals surface area (Å²) >= 11 is 0. The third kappa shape index (κ3) is 11.9. The molecule has 5 nitrogen and oxygen atoms in total. The van der Waals surface area contributed by atoms with Gasteiger partial charge in [-0.2, -0.15) is 0 Å². The van der Waals surface area contributed by atoms with E-state index in [-0.39, 0.29) is 35.3 Å². The van der Waals surface area contributed by atoms with Gasteiger partial charge in [0.05, 0.1) is 12.2 Å². The van der Waals surface area contributed by atoms with Crippen LogP contribution in [0.15, 0.2) is 94.2 Å². The Labute approximate surface area is 284 Å². The number of carbonyl (C=O) groups is 2. The molecule has 0 heterocycles. The van der Waals surface area contributed by atoms with E-state index in [9.17, 15) is 19.8 Å². The lowest BCUT2D eigenvalue weighted by atomic mass is 9.65. The number of allylic oxidation sites excluding steroid dienone is 14. The van der Waals surface area contributed by atoms with E-state index in [1.54, 1.807) is 0 Å². The predicted molar refractivity (Wildman–Crippen MR) is 194 cm³/mol. The molecule has 0 radical (unpaired) electrons. The van der Waals surface area contributed by atoms with Gasteiger partial charge in [-0.1, -0.05) is 125 Å². The molecule has 0 aliphatic heterocycles. The molecule has 0 saturated heterocycles. The zero-order valence-electron chi connectivity index (χ0n) is 30.5. The van der Waals surface area contributed by atoms with Crippen molar-refractivity contribution in [1.82, 2.24) is 0 Å². The number of ketones is 1. The Kier molecular flexibility index (Phi) is 14.9. The lowest BCUT2D eigenvalue weighted by molar-refractivity contribution is -0.142. The van der Waals surface area contributed by atoms with E-state index in [1.807, 2.05) is 102 Å². The van der Waals surface area contributed by atoms with E-state index in [1.165, 1.54) is 0 Å². The second kappa shape index (κ2) is 17.6. The minimum atomic E-state index is -0.562. The molecule has 1 fully saturated rings. The predicted octanol–water partition coefficient (Wildman–Crippen LogP) is 9.02. The van der Waals surface area contributed by atoms with Gasteiger partial charge in [-0.05, 0) is 76.9 Å². The molecule has 2 N–H and O–H groups in total. The largest absolute Gasteiger partial charge is 0.460 e. The van der Waals surface area contributed by atoms with Gasteiger partial charge in [-0.15, -0.1) is 0 Å². The average Bonchev–Trinajstić information content (AvgIpc) is 3.18. The van der Waals surface area contributed by atoms with E-state index in [2.05, 4.69) is 39.5 Å². The SMILES string of the molecule is CCCC(=O)OCC(C#CC1=C(C)CC(O)CC1(C)C)=CC=CC(C)=CC=CC=C(C)C=CC=C(C)C(=O)C1(C)CC(O)CC1(C)C. The Morgan fingerprint density at radius 1 is 0.851 bits per heavy atom. The van der Waals surface area contributed by atoms with Crippen LogP contribution in [0.3, 0.4) is 0 Å². The van der Waals surface area contributed by atoms with Crippen LogP contribution in [0.5, 0.6) is 0 Å². The smallest absolute Gasteiger partial charge is 0.306 e. The van der Waals surface area contributed by atoms with Crippen molar-refractivity contribution in [1.29, 1.82) is 0 Å². The van der Waals surface area contributed by atoms with Crippen molar-refractivity contribution in [3.8, 4) is 11.8 Å². The second-order valence-electron chi connectivity index (χ2n) is 14.8. The fourth-order valence-corrected chi connectivity index (χ4v) is 6.51. The first-order valence-electron chi connectivity index (χ1n) is 16.9. The highest BCUT2D eigenvalue weighted by Gasteiger charge is 2.53. The minimum Gasteiger partial charge on any atom is -0.460 e. The summed E-state index contributed by atoms with van der Waals surface area (Å²) in [6.07, 6.45) is 22.3. The second-order valence-corrected chi connectivity index (χ2v) is 14.8. The Morgan fingerprint density at radius 2 is 1.45 bits per heavy atom. The molecule has 47 heavy (non-hydrogen) atoms. The third-order valence-corrected chi connectivity index (χ3v) is 9.52. The summed E-state index contributed by atoms with van der Waals surface area (Å²) in [6, 6.07) is 0. The Hall–Kier alpha value is -3.46. The fourth-order valence-electron chi connectivity index (χ4n) is 6.51. The van der Waals surface area contributed by atoms with Crippen LogP contribution in [0.2, 0.25) is 0 Å². The molecule has 1 saturated carbocycles. The van der Waals surface area contributed by atoms with Gasteiger partial charge in [-0.25, -0.2) is 0 Å². The highest BCUT2D eigenvalue weighted by Crippen LogP contribution is 2.53. The van der Waals surface area contributed by atoms with Crippen molar-refractivity contribution in [2.45, 2.75) is 120 Å². The first-order valence-corrected chi connectivity index (χ1v) is 16.9. The van der Waals surface area contributed by atoms with Gasteiger partial charge < -0.3 is 14.9 Å². The fraction of sp³-hybridized carbons (Fsp3) is 0.524. The molecule has 0 amide bonds. The Bertz CT molecular complexity index is 1460. The van der Waals surface area contributed by atoms with E-state index in [0.717, 1.165) is 28.7 Å². The molecule has 5 heteroatoms. The monoisotopic (exact) mass is 642 g/mol. The first kappa shape index (κ1) is 39.7. The lowest BCUT2D eigenvalue weighted by Gasteiger charge is -2.36. The van der Waals surface area contributed by atoms with Crippen LogP contribution in [0.25, 0.3) is 0 Å². The molecular formula is C42H58O5. The molecule has 2 aliphatic carbocycles. The zero-order chi connectivity index (χ0) is 35.4. The van der Waals surface area contributed by atoms with Gasteiger partial charge in [0, 0.05) is 28.4 Å². The van der Waals surface area contributed by atoms with Crippen LogP contribution in [0.1, 0.15) is 108 Å². The van der Waals surface area contributed by atoms with E-state index in [4.69, 9.17) is 4.74 Å². The Balaban J connectivity index is 2.09. The number of Topliss-reactive ketones (excluding diaryl/α,β-unsaturated/α-hetero) is 1. The molecular weight excluding hydrogens is 584 g/mol. The molecule has 256 valence electrons. The van der Waals surface area contributed by atoms with Crippen LogP contribution < -0.4 is 0 Å². The summed E-state index contributed by atoms with van der Waals surface area (Å²) in [5.74, 6) is 6.44. The van der Waals surface area contributed by atoms with Gasteiger partial charge in [-0.3, -0.25) is 9.59 Å². The van der Waals surface area contributed by atoms with Crippen molar-refractivity contribution in [3.05, 3.63) is 94.2 Å². The topological polar surface area (TPSA) is 83.8 Å². The van der Waals surface area contributed by atoms with Gasteiger partial charge in [0.2, 0.25) is 0 Å². The molecule has 3 atom stereocenters. The van der Waals surface area contributed by atoms with Crippen LogP contribution in [0, 0.1) is 28.1 Å². The van der Waals surface area contributed by atoms with E-state index < -0.39 is 11.5 Å². The number of aliphatic hydroxyl groups is 2. The Morgan fingerprint density at radius 3 is 1.98 bits per heavy atom. The van der Waals surface area contributed by atoms with Crippen molar-refractivity contribution in [2.75, 3.05) is 6.61 Å². The first-order chi connectivity index (χ1) is 21.9.